The van der Waals surface area contributed by atoms with Crippen molar-refractivity contribution < 1.29 is 17.4 Å². The van der Waals surface area contributed by atoms with Crippen molar-refractivity contribution in [2.45, 2.75) is 12.2 Å². The molecule has 28 heavy (non-hydrogen) atoms. The maximum atomic E-state index is 12.6. The van der Waals surface area contributed by atoms with Crippen LogP contribution >= 0.6 is 0 Å². The molecule has 10 heteroatoms. The topological polar surface area (TPSA) is 104 Å². The lowest BCUT2D eigenvalue weighted by atomic mass is 10.3. The second-order valence-corrected chi connectivity index (χ2v) is 8.31. The highest BCUT2D eigenvalue weighted by Gasteiger charge is 2.29. The Hall–Kier alpha value is -2.59. The average Bonchev–Trinajstić information content (AvgIpc) is 3.38. The number of guanidine groups is 1. The van der Waals surface area contributed by atoms with E-state index in [-0.39, 0.29) is 5.75 Å². The van der Waals surface area contributed by atoms with Crippen LogP contribution in [-0.2, 0) is 22.2 Å². The quantitative estimate of drug-likeness (QED) is 0.397. The lowest BCUT2D eigenvalue weighted by molar-refractivity contribution is 0.260. The molecule has 2 aromatic heterocycles. The highest BCUT2D eigenvalue weighted by atomic mass is 32.2. The molecule has 1 saturated heterocycles. The Labute approximate surface area is 164 Å². The molecule has 0 unspecified atom stereocenters. The summed E-state index contributed by atoms with van der Waals surface area (Å²) in [4.78, 5) is 6.70. The minimum Gasteiger partial charge on any atom is -0.469 e. The van der Waals surface area contributed by atoms with Crippen LogP contribution in [0.25, 0.3) is 0 Å². The summed E-state index contributed by atoms with van der Waals surface area (Å²) in [5.41, 5.74) is 0.412. The molecule has 152 valence electrons. The van der Waals surface area contributed by atoms with E-state index >= 15 is 0 Å². The Balaban J connectivity index is 1.57. The molecular weight excluding hydrogens is 382 g/mol. The summed E-state index contributed by atoms with van der Waals surface area (Å²) in [5, 5.41) is 6.94. The van der Waals surface area contributed by atoms with Gasteiger partial charge in [-0.25, -0.2) is 8.42 Å². The molecule has 0 aromatic carbocycles. The molecule has 1 aliphatic heterocycles. The van der Waals surface area contributed by atoms with Gasteiger partial charge in [-0.2, -0.15) is 4.31 Å². The number of hydrogen-bond donors (Lipinski definition) is 1. The van der Waals surface area contributed by atoms with E-state index in [0.29, 0.717) is 51.4 Å². The van der Waals surface area contributed by atoms with E-state index < -0.39 is 10.0 Å². The van der Waals surface area contributed by atoms with Gasteiger partial charge in [0.2, 0.25) is 10.0 Å². The van der Waals surface area contributed by atoms with Crippen LogP contribution in [0.2, 0.25) is 0 Å². The Morgan fingerprint density at radius 1 is 1.29 bits per heavy atom. The van der Waals surface area contributed by atoms with Crippen LogP contribution in [-0.4, -0.2) is 68.0 Å². The molecule has 9 nitrogen and oxygen atoms in total. The summed E-state index contributed by atoms with van der Waals surface area (Å²) in [6.45, 7) is 6.80. The first-order chi connectivity index (χ1) is 13.6. The van der Waals surface area contributed by atoms with Gasteiger partial charge in [0, 0.05) is 51.8 Å². The molecule has 0 atom stereocenters. The van der Waals surface area contributed by atoms with Crippen LogP contribution in [0.15, 0.2) is 57.3 Å². The number of hydrogen-bond acceptors (Lipinski definition) is 6. The second kappa shape index (κ2) is 9.56. The lowest BCUT2D eigenvalue weighted by Crippen LogP contribution is -2.54. The van der Waals surface area contributed by atoms with Gasteiger partial charge in [0.05, 0.1) is 12.0 Å². The minimum atomic E-state index is -3.42. The monoisotopic (exact) mass is 407 g/mol. The van der Waals surface area contributed by atoms with E-state index in [4.69, 9.17) is 8.94 Å². The molecule has 1 N–H and O–H groups in total. The first-order valence-corrected chi connectivity index (χ1v) is 10.7. The lowest BCUT2D eigenvalue weighted by Gasteiger charge is -2.35. The smallest absolute Gasteiger partial charge is 0.220 e. The Morgan fingerprint density at radius 2 is 2.11 bits per heavy atom. The van der Waals surface area contributed by atoms with Crippen molar-refractivity contribution in [2.24, 2.45) is 4.99 Å². The van der Waals surface area contributed by atoms with Gasteiger partial charge in [0.15, 0.2) is 5.96 Å². The molecule has 0 spiro atoms. The fourth-order valence-corrected chi connectivity index (χ4v) is 4.35. The third kappa shape index (κ3) is 5.46. The summed E-state index contributed by atoms with van der Waals surface area (Å²) in [6.07, 6.45) is 5.49. The first-order valence-electron chi connectivity index (χ1n) is 9.12. The normalized spacial score (nSPS) is 16.3. The van der Waals surface area contributed by atoms with Crippen LogP contribution in [0.3, 0.4) is 0 Å². The van der Waals surface area contributed by atoms with Crippen molar-refractivity contribution in [3.05, 3.63) is 54.8 Å². The van der Waals surface area contributed by atoms with Crippen molar-refractivity contribution in [3.8, 4) is 0 Å². The fourth-order valence-electron chi connectivity index (χ4n) is 2.93. The molecule has 0 radical (unpaired) electrons. The average molecular weight is 407 g/mol. The molecule has 3 heterocycles. The van der Waals surface area contributed by atoms with Gasteiger partial charge in [-0.1, -0.05) is 11.2 Å². The zero-order valence-corrected chi connectivity index (χ0v) is 16.5. The molecule has 1 aliphatic rings. The fraction of sp³-hybridized carbons (Fsp3) is 0.444. The Bertz CT molecular complexity index is 854. The van der Waals surface area contributed by atoms with Crippen molar-refractivity contribution >= 4 is 16.0 Å². The first kappa shape index (κ1) is 20.2. The number of sulfonamides is 1. The number of aromatic nitrogens is 1. The summed E-state index contributed by atoms with van der Waals surface area (Å²) in [6, 6.07) is 5.34. The number of nitrogens with zero attached hydrogens (tertiary/aromatic N) is 4. The van der Waals surface area contributed by atoms with Crippen LogP contribution in [0.5, 0.6) is 0 Å². The van der Waals surface area contributed by atoms with Gasteiger partial charge >= 0.3 is 0 Å². The van der Waals surface area contributed by atoms with Gasteiger partial charge in [-0.05, 0) is 12.1 Å². The van der Waals surface area contributed by atoms with Gasteiger partial charge in [0.1, 0.15) is 17.8 Å². The van der Waals surface area contributed by atoms with Crippen LogP contribution in [0, 0.1) is 0 Å². The highest BCUT2D eigenvalue weighted by Crippen LogP contribution is 2.13. The van der Waals surface area contributed by atoms with E-state index in [1.54, 1.807) is 18.4 Å². The number of rotatable bonds is 8. The van der Waals surface area contributed by atoms with E-state index in [9.17, 15) is 8.42 Å². The summed E-state index contributed by atoms with van der Waals surface area (Å²) >= 11 is 0. The standard InChI is InChI=1S/C18H25N5O4S/c1-2-7-19-18(20-8-5-17-4-3-13-26-17)22-9-11-23(12-10-22)28(24,25)15-16-6-14-27-21-16/h2-4,6,13-14H,1,5,7-12,15H2,(H,19,20). The summed E-state index contributed by atoms with van der Waals surface area (Å²) < 4.78 is 36.7. The number of nitrogens with one attached hydrogen (secondary N) is 1. The highest BCUT2D eigenvalue weighted by molar-refractivity contribution is 7.88. The van der Waals surface area contributed by atoms with E-state index in [0.717, 1.165) is 11.7 Å². The van der Waals surface area contributed by atoms with Crippen molar-refractivity contribution in [2.75, 3.05) is 39.3 Å². The van der Waals surface area contributed by atoms with Crippen molar-refractivity contribution in [3.63, 3.8) is 0 Å². The van der Waals surface area contributed by atoms with Gasteiger partial charge < -0.3 is 19.2 Å². The number of aliphatic imine (C=N–C) groups is 1. The van der Waals surface area contributed by atoms with Crippen molar-refractivity contribution in [1.82, 2.24) is 19.7 Å². The summed E-state index contributed by atoms with van der Waals surface area (Å²) in [7, 11) is -3.42. The third-order valence-corrected chi connectivity index (χ3v) is 6.17. The summed E-state index contributed by atoms with van der Waals surface area (Å²) in [5.74, 6) is 1.48. The molecule has 3 rings (SSSR count). The maximum Gasteiger partial charge on any atom is 0.220 e. The van der Waals surface area contributed by atoms with E-state index in [2.05, 4.69) is 26.9 Å². The minimum absolute atomic E-state index is 0.150. The second-order valence-electron chi connectivity index (χ2n) is 6.34. The predicted octanol–water partition coefficient (Wildman–Crippen LogP) is 1.09. The zero-order chi connectivity index (χ0) is 19.8. The molecule has 1 fully saturated rings. The van der Waals surface area contributed by atoms with Crippen LogP contribution in [0.1, 0.15) is 11.5 Å². The van der Waals surface area contributed by atoms with Crippen LogP contribution in [0.4, 0.5) is 0 Å². The van der Waals surface area contributed by atoms with Gasteiger partial charge in [-0.3, -0.25) is 4.99 Å². The maximum absolute atomic E-state index is 12.6. The third-order valence-electron chi connectivity index (χ3n) is 4.36. The SMILES string of the molecule is C=CCNC(=NCCc1ccco1)N1CCN(S(=O)(=O)Cc2ccon2)CC1. The van der Waals surface area contributed by atoms with Gasteiger partial charge in [0.25, 0.3) is 0 Å². The zero-order valence-electron chi connectivity index (χ0n) is 15.7. The molecule has 2 aromatic rings. The largest absolute Gasteiger partial charge is 0.469 e. The Kier molecular flexibility index (Phi) is 6.88. The number of furan rings is 1. The van der Waals surface area contributed by atoms with E-state index in [1.165, 1.54) is 10.6 Å². The molecular formula is C18H25N5O4S. The molecule has 0 amide bonds. The molecule has 0 aliphatic carbocycles. The molecule has 0 bridgehead atoms. The molecule has 0 saturated carbocycles. The van der Waals surface area contributed by atoms with E-state index in [1.807, 2.05) is 12.1 Å². The Morgan fingerprint density at radius 3 is 2.75 bits per heavy atom. The predicted molar refractivity (Wildman–Crippen MR) is 105 cm³/mol. The van der Waals surface area contributed by atoms with Crippen LogP contribution < -0.4 is 5.32 Å². The van der Waals surface area contributed by atoms with Crippen molar-refractivity contribution in [1.29, 1.82) is 0 Å². The van der Waals surface area contributed by atoms with Gasteiger partial charge in [-0.15, -0.1) is 6.58 Å². The number of piperazine rings is 1.